The highest BCUT2D eigenvalue weighted by atomic mass is 16.3. The van der Waals surface area contributed by atoms with Crippen LogP contribution < -0.4 is 5.56 Å². The van der Waals surface area contributed by atoms with Crippen molar-refractivity contribution in [2.24, 2.45) is 7.05 Å². The zero-order valence-electron chi connectivity index (χ0n) is 11.0. The monoisotopic (exact) mass is 270 g/mol. The Kier molecular flexibility index (Phi) is 3.08. The molecule has 102 valence electrons. The number of benzene rings is 1. The second-order valence-electron chi connectivity index (χ2n) is 4.63. The molecule has 0 bridgehead atoms. The molecule has 0 saturated carbocycles. The number of aliphatic hydroxyl groups excluding tert-OH is 1. The normalized spacial score (nSPS) is 12.7. The number of fused-ring (bicyclic) bond motifs is 1. The lowest BCUT2D eigenvalue weighted by atomic mass is 10.1. The first-order chi connectivity index (χ1) is 9.66. The van der Waals surface area contributed by atoms with E-state index in [9.17, 15) is 9.90 Å². The molecule has 2 aromatic heterocycles. The van der Waals surface area contributed by atoms with Crippen molar-refractivity contribution in [3.05, 3.63) is 58.8 Å². The Morgan fingerprint density at radius 3 is 2.80 bits per heavy atom. The van der Waals surface area contributed by atoms with Gasteiger partial charge in [-0.1, -0.05) is 30.3 Å². The van der Waals surface area contributed by atoms with E-state index in [0.717, 1.165) is 5.56 Å². The molecule has 1 atom stereocenters. The maximum absolute atomic E-state index is 12.3. The predicted molar refractivity (Wildman–Crippen MR) is 74.2 cm³/mol. The zero-order chi connectivity index (χ0) is 14.1. The molecule has 0 radical (unpaired) electrons. The molecule has 0 saturated heterocycles. The largest absolute Gasteiger partial charge is 0.387 e. The number of hydrogen-bond acceptors (Lipinski definition) is 4. The average molecular weight is 270 g/mol. The third-order valence-electron chi connectivity index (χ3n) is 3.27. The van der Waals surface area contributed by atoms with E-state index in [4.69, 9.17) is 0 Å². The first kappa shape index (κ1) is 12.6. The van der Waals surface area contributed by atoms with Crippen LogP contribution in [0.15, 0.2) is 47.7 Å². The van der Waals surface area contributed by atoms with Crippen LogP contribution in [0, 0.1) is 0 Å². The van der Waals surface area contributed by atoms with Crippen molar-refractivity contribution >= 4 is 11.0 Å². The second-order valence-corrected chi connectivity index (χ2v) is 4.63. The molecule has 1 aromatic carbocycles. The summed E-state index contributed by atoms with van der Waals surface area (Å²) in [5, 5.41) is 14.6. The van der Waals surface area contributed by atoms with Gasteiger partial charge in [-0.2, -0.15) is 5.10 Å². The van der Waals surface area contributed by atoms with Gasteiger partial charge in [-0.3, -0.25) is 14.0 Å². The van der Waals surface area contributed by atoms with Crippen LogP contribution in [0.3, 0.4) is 0 Å². The molecule has 1 N–H and O–H groups in total. The summed E-state index contributed by atoms with van der Waals surface area (Å²) in [5.74, 6) is 0. The highest BCUT2D eigenvalue weighted by molar-refractivity contribution is 5.72. The zero-order valence-corrected chi connectivity index (χ0v) is 11.0. The van der Waals surface area contributed by atoms with E-state index in [1.807, 2.05) is 30.3 Å². The Bertz CT molecular complexity index is 792. The standard InChI is InChI=1S/C14H14N4O2/c1-17-13-11(7-16-17)14(20)18(9-15-13)8-12(19)10-5-3-2-4-6-10/h2-7,9,12,19H,8H2,1H3/t12-/m0/s1. The minimum atomic E-state index is -0.746. The van der Waals surface area contributed by atoms with E-state index in [1.165, 1.54) is 17.1 Å². The van der Waals surface area contributed by atoms with Crippen LogP contribution >= 0.6 is 0 Å². The summed E-state index contributed by atoms with van der Waals surface area (Å²) in [5.41, 5.74) is 1.12. The van der Waals surface area contributed by atoms with Gasteiger partial charge in [0.25, 0.3) is 5.56 Å². The molecular weight excluding hydrogens is 256 g/mol. The van der Waals surface area contributed by atoms with Crippen LogP contribution in [0.1, 0.15) is 11.7 Å². The van der Waals surface area contributed by atoms with Gasteiger partial charge in [0.1, 0.15) is 11.7 Å². The van der Waals surface area contributed by atoms with E-state index >= 15 is 0 Å². The van der Waals surface area contributed by atoms with Crippen LogP contribution in [0.4, 0.5) is 0 Å². The first-order valence-corrected chi connectivity index (χ1v) is 6.27. The van der Waals surface area contributed by atoms with Crippen LogP contribution in [0.2, 0.25) is 0 Å². The molecular formula is C14H14N4O2. The average Bonchev–Trinajstić information content (AvgIpc) is 2.85. The van der Waals surface area contributed by atoms with Gasteiger partial charge in [0.15, 0.2) is 5.65 Å². The van der Waals surface area contributed by atoms with Gasteiger partial charge in [0, 0.05) is 7.05 Å². The molecule has 3 aromatic rings. The third-order valence-corrected chi connectivity index (χ3v) is 3.27. The van der Waals surface area contributed by atoms with Gasteiger partial charge < -0.3 is 5.11 Å². The van der Waals surface area contributed by atoms with Gasteiger partial charge in [0.05, 0.1) is 18.8 Å². The van der Waals surface area contributed by atoms with Crippen LogP contribution in [-0.4, -0.2) is 24.4 Å². The molecule has 0 fully saturated rings. The maximum atomic E-state index is 12.3. The highest BCUT2D eigenvalue weighted by Gasteiger charge is 2.12. The molecule has 0 aliphatic heterocycles. The SMILES string of the molecule is Cn1ncc2c(=O)n(C[C@H](O)c3ccccc3)cnc21. The number of rotatable bonds is 3. The number of aliphatic hydroxyl groups is 1. The number of aromatic nitrogens is 4. The van der Waals surface area contributed by atoms with Crippen molar-refractivity contribution in [1.29, 1.82) is 0 Å². The van der Waals surface area contributed by atoms with Crippen LogP contribution in [0.5, 0.6) is 0 Å². The van der Waals surface area contributed by atoms with Gasteiger partial charge in [-0.05, 0) is 5.56 Å². The van der Waals surface area contributed by atoms with E-state index < -0.39 is 6.10 Å². The van der Waals surface area contributed by atoms with Gasteiger partial charge in [0.2, 0.25) is 0 Å². The lowest BCUT2D eigenvalue weighted by molar-refractivity contribution is 0.155. The topological polar surface area (TPSA) is 72.9 Å². The molecule has 0 amide bonds. The fraction of sp³-hybridized carbons (Fsp3) is 0.214. The van der Waals surface area contributed by atoms with Crippen molar-refractivity contribution in [1.82, 2.24) is 19.3 Å². The van der Waals surface area contributed by atoms with Crippen molar-refractivity contribution in [3.63, 3.8) is 0 Å². The van der Waals surface area contributed by atoms with Crippen molar-refractivity contribution in [2.75, 3.05) is 0 Å². The molecule has 3 rings (SSSR count). The summed E-state index contributed by atoms with van der Waals surface area (Å²) in [6.07, 6.45) is 2.19. The summed E-state index contributed by atoms with van der Waals surface area (Å²) in [7, 11) is 1.73. The third kappa shape index (κ3) is 2.10. The quantitative estimate of drug-likeness (QED) is 0.766. The highest BCUT2D eigenvalue weighted by Crippen LogP contribution is 2.14. The minimum Gasteiger partial charge on any atom is -0.387 e. The van der Waals surface area contributed by atoms with E-state index in [2.05, 4.69) is 10.1 Å². The summed E-state index contributed by atoms with van der Waals surface area (Å²) in [4.78, 5) is 16.5. The molecule has 0 aliphatic carbocycles. The van der Waals surface area contributed by atoms with Crippen LogP contribution in [0.25, 0.3) is 11.0 Å². The van der Waals surface area contributed by atoms with Gasteiger partial charge in [-0.25, -0.2) is 4.98 Å². The first-order valence-electron chi connectivity index (χ1n) is 6.27. The smallest absolute Gasteiger partial charge is 0.264 e. The fourth-order valence-corrected chi connectivity index (χ4v) is 2.16. The predicted octanol–water partition coefficient (Wildman–Crippen LogP) is 0.864. The van der Waals surface area contributed by atoms with E-state index in [-0.39, 0.29) is 12.1 Å². The van der Waals surface area contributed by atoms with Gasteiger partial charge >= 0.3 is 0 Å². The Morgan fingerprint density at radius 1 is 1.30 bits per heavy atom. The fourth-order valence-electron chi connectivity index (χ4n) is 2.16. The lowest BCUT2D eigenvalue weighted by Gasteiger charge is -2.12. The Balaban J connectivity index is 1.95. The van der Waals surface area contributed by atoms with Crippen molar-refractivity contribution in [2.45, 2.75) is 12.6 Å². The lowest BCUT2D eigenvalue weighted by Crippen LogP contribution is -2.23. The summed E-state index contributed by atoms with van der Waals surface area (Å²) < 4.78 is 2.95. The summed E-state index contributed by atoms with van der Waals surface area (Å²) in [6, 6.07) is 9.23. The second kappa shape index (κ2) is 4.90. The van der Waals surface area contributed by atoms with E-state index in [1.54, 1.807) is 11.7 Å². The van der Waals surface area contributed by atoms with E-state index in [0.29, 0.717) is 11.0 Å². The molecule has 6 nitrogen and oxygen atoms in total. The molecule has 20 heavy (non-hydrogen) atoms. The Labute approximate surface area is 114 Å². The molecule has 0 spiro atoms. The molecule has 2 heterocycles. The minimum absolute atomic E-state index is 0.167. The maximum Gasteiger partial charge on any atom is 0.264 e. The van der Waals surface area contributed by atoms with Gasteiger partial charge in [-0.15, -0.1) is 0 Å². The summed E-state index contributed by atoms with van der Waals surface area (Å²) in [6.45, 7) is 0.167. The molecule has 0 aliphatic rings. The number of hydrogen-bond donors (Lipinski definition) is 1. The van der Waals surface area contributed by atoms with Crippen LogP contribution in [-0.2, 0) is 13.6 Å². The summed E-state index contributed by atoms with van der Waals surface area (Å²) >= 11 is 0. The molecule has 6 heteroatoms. The van der Waals surface area contributed by atoms with Crippen molar-refractivity contribution < 1.29 is 5.11 Å². The Hall–Kier alpha value is -2.47. The number of nitrogens with zero attached hydrogens (tertiary/aromatic N) is 4. The molecule has 0 unspecified atom stereocenters. The van der Waals surface area contributed by atoms with Crippen molar-refractivity contribution in [3.8, 4) is 0 Å². The Morgan fingerprint density at radius 2 is 2.05 bits per heavy atom. The number of aryl methyl sites for hydroxylation is 1.